The third-order valence-corrected chi connectivity index (χ3v) is 4.71. The van der Waals surface area contributed by atoms with Gasteiger partial charge in [-0.25, -0.2) is 8.78 Å². The molecule has 22 heavy (non-hydrogen) atoms. The van der Waals surface area contributed by atoms with E-state index >= 15 is 0 Å². The summed E-state index contributed by atoms with van der Waals surface area (Å²) in [7, 11) is 0. The van der Waals surface area contributed by atoms with E-state index in [9.17, 15) is 8.78 Å². The maximum atomic E-state index is 13.7. The highest BCUT2D eigenvalue weighted by Crippen LogP contribution is 2.55. The molecule has 2 aliphatic carbocycles. The number of halogens is 2. The van der Waals surface area contributed by atoms with E-state index in [-0.39, 0.29) is 19.8 Å². The molecule has 0 heterocycles. The van der Waals surface area contributed by atoms with Crippen LogP contribution < -0.4 is 0 Å². The molecule has 2 aliphatic rings. The largest absolute Gasteiger partial charge is 0.396 e. The summed E-state index contributed by atoms with van der Waals surface area (Å²) in [5.74, 6) is -3.47. The van der Waals surface area contributed by atoms with Crippen LogP contribution in [0.4, 0.5) is 8.78 Å². The third-order valence-electron chi connectivity index (χ3n) is 4.71. The molecule has 0 aromatic heterocycles. The number of hydrogen-bond donors (Lipinski definition) is 1. The fourth-order valence-corrected chi connectivity index (χ4v) is 2.88. The van der Waals surface area contributed by atoms with E-state index in [0.717, 1.165) is 12.0 Å². The number of hydrogen-bond acceptors (Lipinski definition) is 3. The van der Waals surface area contributed by atoms with Gasteiger partial charge in [-0.15, -0.1) is 0 Å². The number of aliphatic hydroxyl groups is 1. The fraction of sp³-hybridized carbons (Fsp3) is 0.647. The van der Waals surface area contributed by atoms with E-state index in [4.69, 9.17) is 14.6 Å². The molecule has 3 nitrogen and oxygen atoms in total. The predicted octanol–water partition coefficient (Wildman–Crippen LogP) is 2.73. The SMILES string of the molecule is OC[C@H]1C[C@@H]1COC[C@@H]1[C@@H](COCc2ccccc2)C1(F)F. The number of benzene rings is 1. The maximum Gasteiger partial charge on any atom is 0.259 e. The van der Waals surface area contributed by atoms with Crippen molar-refractivity contribution in [3.63, 3.8) is 0 Å². The Balaban J connectivity index is 1.33. The average molecular weight is 312 g/mol. The Morgan fingerprint density at radius 3 is 2.32 bits per heavy atom. The molecule has 0 saturated heterocycles. The van der Waals surface area contributed by atoms with Gasteiger partial charge in [0, 0.05) is 13.2 Å². The smallest absolute Gasteiger partial charge is 0.259 e. The Hall–Kier alpha value is -1.04. The second kappa shape index (κ2) is 6.60. The van der Waals surface area contributed by atoms with Crippen LogP contribution in [0.3, 0.4) is 0 Å². The summed E-state index contributed by atoms with van der Waals surface area (Å²) in [6.45, 7) is 1.17. The zero-order valence-corrected chi connectivity index (χ0v) is 12.5. The van der Waals surface area contributed by atoms with Crippen LogP contribution in [0.15, 0.2) is 30.3 Å². The second-order valence-electron chi connectivity index (χ2n) is 6.36. The molecule has 2 fully saturated rings. The van der Waals surface area contributed by atoms with Crippen LogP contribution >= 0.6 is 0 Å². The molecular formula is C17H22F2O3. The quantitative estimate of drug-likeness (QED) is 0.762. The van der Waals surface area contributed by atoms with Gasteiger partial charge in [0.25, 0.3) is 5.92 Å². The van der Waals surface area contributed by atoms with Crippen LogP contribution in [0.1, 0.15) is 12.0 Å². The molecular weight excluding hydrogens is 290 g/mol. The first-order valence-electron chi connectivity index (χ1n) is 7.81. The predicted molar refractivity (Wildman–Crippen MR) is 77.5 cm³/mol. The summed E-state index contributed by atoms with van der Waals surface area (Å²) in [6, 6.07) is 9.54. The van der Waals surface area contributed by atoms with Gasteiger partial charge in [-0.1, -0.05) is 30.3 Å². The van der Waals surface area contributed by atoms with Crippen LogP contribution in [-0.4, -0.2) is 37.5 Å². The molecule has 2 saturated carbocycles. The van der Waals surface area contributed by atoms with Crippen LogP contribution in [0, 0.1) is 23.7 Å². The minimum atomic E-state index is -2.67. The summed E-state index contributed by atoms with van der Waals surface area (Å²) in [4.78, 5) is 0. The van der Waals surface area contributed by atoms with E-state index in [2.05, 4.69) is 0 Å². The van der Waals surface area contributed by atoms with Crippen LogP contribution in [0.2, 0.25) is 0 Å². The standard InChI is InChI=1S/C17H22F2O3/c18-17(19)15(10-21-8-12-4-2-1-3-5-12)16(17)11-22-9-14-6-13(14)7-20/h1-5,13-16,20H,6-11H2/t13-,14-,15-,16-/m1/s1. The van der Waals surface area contributed by atoms with E-state index in [1.165, 1.54) is 0 Å². The molecule has 3 rings (SSSR count). The first kappa shape index (κ1) is 15.8. The van der Waals surface area contributed by atoms with Gasteiger partial charge in [0.2, 0.25) is 0 Å². The Kier molecular flexibility index (Phi) is 4.76. The van der Waals surface area contributed by atoms with Crippen molar-refractivity contribution < 1.29 is 23.4 Å². The summed E-state index contributed by atoms with van der Waals surface area (Å²) < 4.78 is 38.2. The molecule has 0 radical (unpaired) electrons. The number of alkyl halides is 2. The zero-order valence-electron chi connectivity index (χ0n) is 12.5. The normalized spacial score (nSPS) is 32.0. The van der Waals surface area contributed by atoms with Gasteiger partial charge in [-0.2, -0.15) is 0 Å². The van der Waals surface area contributed by atoms with Crippen molar-refractivity contribution in [1.29, 1.82) is 0 Å². The lowest BCUT2D eigenvalue weighted by atomic mass is 10.2. The van der Waals surface area contributed by atoms with Gasteiger partial charge in [-0.3, -0.25) is 0 Å². The van der Waals surface area contributed by atoms with Crippen molar-refractivity contribution in [3.05, 3.63) is 35.9 Å². The van der Waals surface area contributed by atoms with Crippen LogP contribution in [0.25, 0.3) is 0 Å². The third kappa shape index (κ3) is 3.65. The lowest BCUT2D eigenvalue weighted by Crippen LogP contribution is -2.06. The monoisotopic (exact) mass is 312 g/mol. The minimum absolute atomic E-state index is 0.0681. The molecule has 1 N–H and O–H groups in total. The number of rotatable bonds is 9. The molecule has 0 aliphatic heterocycles. The summed E-state index contributed by atoms with van der Waals surface area (Å²) in [5, 5.41) is 8.92. The van der Waals surface area contributed by atoms with Crippen molar-refractivity contribution in [2.45, 2.75) is 19.0 Å². The lowest BCUT2D eigenvalue weighted by molar-refractivity contribution is 0.0356. The Labute approximate surface area is 129 Å². The van der Waals surface area contributed by atoms with Gasteiger partial charge in [0.1, 0.15) is 0 Å². The van der Waals surface area contributed by atoms with Gasteiger partial charge >= 0.3 is 0 Å². The zero-order chi connectivity index (χ0) is 15.6. The Morgan fingerprint density at radius 1 is 1.00 bits per heavy atom. The first-order chi connectivity index (χ1) is 10.6. The maximum absolute atomic E-state index is 13.7. The topological polar surface area (TPSA) is 38.7 Å². The van der Waals surface area contributed by atoms with Crippen molar-refractivity contribution in [2.75, 3.05) is 26.4 Å². The first-order valence-corrected chi connectivity index (χ1v) is 7.81. The minimum Gasteiger partial charge on any atom is -0.396 e. The van der Waals surface area contributed by atoms with Crippen molar-refractivity contribution in [3.8, 4) is 0 Å². The molecule has 0 amide bonds. The molecule has 0 spiro atoms. The number of aliphatic hydroxyl groups excluding tert-OH is 1. The van der Waals surface area contributed by atoms with Gasteiger partial charge in [0.05, 0.1) is 31.7 Å². The second-order valence-corrected chi connectivity index (χ2v) is 6.36. The molecule has 1 aromatic rings. The Morgan fingerprint density at radius 2 is 1.68 bits per heavy atom. The van der Waals surface area contributed by atoms with Crippen LogP contribution in [0.5, 0.6) is 0 Å². The summed E-state index contributed by atoms with van der Waals surface area (Å²) >= 11 is 0. The van der Waals surface area contributed by atoms with Crippen molar-refractivity contribution >= 4 is 0 Å². The lowest BCUT2D eigenvalue weighted by Gasteiger charge is -2.04. The average Bonchev–Trinajstić information content (AvgIpc) is 3.39. The van der Waals surface area contributed by atoms with Crippen molar-refractivity contribution in [2.24, 2.45) is 23.7 Å². The van der Waals surface area contributed by atoms with E-state index in [0.29, 0.717) is 25.0 Å². The number of ether oxygens (including phenoxy) is 2. The summed E-state index contributed by atoms with van der Waals surface area (Å²) in [6.07, 6.45) is 0.946. The highest BCUT2D eigenvalue weighted by molar-refractivity contribution is 5.13. The highest BCUT2D eigenvalue weighted by atomic mass is 19.3. The molecule has 5 heteroatoms. The van der Waals surface area contributed by atoms with Crippen molar-refractivity contribution in [1.82, 2.24) is 0 Å². The molecule has 122 valence electrons. The summed E-state index contributed by atoms with van der Waals surface area (Å²) in [5.41, 5.74) is 0.989. The van der Waals surface area contributed by atoms with E-state index in [1.54, 1.807) is 0 Å². The molecule has 4 atom stereocenters. The van der Waals surface area contributed by atoms with E-state index < -0.39 is 17.8 Å². The highest BCUT2D eigenvalue weighted by Gasteiger charge is 2.68. The van der Waals surface area contributed by atoms with Crippen LogP contribution in [-0.2, 0) is 16.1 Å². The molecule has 1 aromatic carbocycles. The molecule has 0 unspecified atom stereocenters. The van der Waals surface area contributed by atoms with E-state index in [1.807, 2.05) is 30.3 Å². The molecule has 0 bridgehead atoms. The Bertz CT molecular complexity index is 480. The van der Waals surface area contributed by atoms with Gasteiger partial charge in [-0.05, 0) is 23.8 Å². The van der Waals surface area contributed by atoms with Gasteiger partial charge < -0.3 is 14.6 Å². The van der Waals surface area contributed by atoms with Gasteiger partial charge in [0.15, 0.2) is 0 Å². The fourth-order valence-electron chi connectivity index (χ4n) is 2.88.